The largest absolute Gasteiger partial charge is 0.382 e. The zero-order chi connectivity index (χ0) is 32.8. The van der Waals surface area contributed by atoms with E-state index in [1.807, 2.05) is 41.5 Å². The van der Waals surface area contributed by atoms with E-state index in [-0.39, 0.29) is 36.4 Å². The summed E-state index contributed by atoms with van der Waals surface area (Å²) in [7, 11) is 0. The molecule has 3 N–H and O–H groups in total. The second kappa shape index (κ2) is 12.2. The van der Waals surface area contributed by atoms with Gasteiger partial charge in [0.15, 0.2) is 5.82 Å². The van der Waals surface area contributed by atoms with Crippen LogP contribution in [0.25, 0.3) is 16.6 Å². The number of amides is 5. The summed E-state index contributed by atoms with van der Waals surface area (Å²) in [6.45, 7) is 5.30. The zero-order valence-corrected chi connectivity index (χ0v) is 26.5. The fourth-order valence-corrected chi connectivity index (χ4v) is 6.76. The van der Waals surface area contributed by atoms with Gasteiger partial charge in [0, 0.05) is 54.5 Å². The first-order chi connectivity index (χ1) is 22.7. The summed E-state index contributed by atoms with van der Waals surface area (Å²) >= 11 is 0. The number of carbonyl (C=O) groups is 4. The molecule has 2 aromatic heterocycles. The van der Waals surface area contributed by atoms with E-state index < -0.39 is 17.7 Å². The molecule has 7 rings (SSSR count). The average Bonchev–Trinajstić information content (AvgIpc) is 3.85. The lowest BCUT2D eigenvalue weighted by molar-refractivity contribution is -0.135. The number of para-hydroxylation sites is 1. The standard InChI is InChI=1S/C35H38N8O4/c1-21(2)33(45)40-16-14-23(15-17-40)29-18-27(30-31(36)37-20-38-43(29)30)22-8-10-24(11-9-22)39-32(44)28-19-41(25-12-13-25)35(47)42(34(28)46)26-6-4-3-5-7-26/h3-11,18,20-21,23,25,28H,12-17,19H2,1-2H3,(H,39,44)(H2,36,37,38). The van der Waals surface area contributed by atoms with E-state index in [0.717, 1.165) is 47.4 Å². The van der Waals surface area contributed by atoms with Crippen molar-refractivity contribution in [3.8, 4) is 11.1 Å². The van der Waals surface area contributed by atoms with Crippen molar-refractivity contribution in [2.75, 3.05) is 35.6 Å². The molecule has 3 aliphatic rings. The van der Waals surface area contributed by atoms with Crippen LogP contribution in [0.15, 0.2) is 67.0 Å². The van der Waals surface area contributed by atoms with Crippen LogP contribution >= 0.6 is 0 Å². The van der Waals surface area contributed by atoms with Gasteiger partial charge in [-0.2, -0.15) is 5.10 Å². The lowest BCUT2D eigenvalue weighted by Gasteiger charge is -2.38. The second-order valence-corrected chi connectivity index (χ2v) is 12.9. The van der Waals surface area contributed by atoms with Crippen LogP contribution in [0.1, 0.15) is 51.1 Å². The fourth-order valence-electron chi connectivity index (χ4n) is 6.76. The van der Waals surface area contributed by atoms with Crippen molar-refractivity contribution in [3.05, 3.63) is 72.7 Å². The lowest BCUT2D eigenvalue weighted by atomic mass is 9.92. The molecule has 3 fully saturated rings. The maximum absolute atomic E-state index is 13.5. The molecular formula is C35H38N8O4. The van der Waals surface area contributed by atoms with Crippen molar-refractivity contribution in [1.29, 1.82) is 0 Å². The Balaban J connectivity index is 1.11. The Morgan fingerprint density at radius 2 is 1.66 bits per heavy atom. The fraction of sp³-hybridized carbons (Fsp3) is 0.371. The number of imide groups is 1. The Kier molecular flexibility index (Phi) is 7.86. The summed E-state index contributed by atoms with van der Waals surface area (Å²) in [6.07, 6.45) is 4.83. The molecule has 47 heavy (non-hydrogen) atoms. The minimum Gasteiger partial charge on any atom is -0.382 e. The van der Waals surface area contributed by atoms with Gasteiger partial charge in [0.05, 0.1) is 5.69 Å². The van der Waals surface area contributed by atoms with Crippen molar-refractivity contribution in [3.63, 3.8) is 0 Å². The van der Waals surface area contributed by atoms with Crippen LogP contribution in [0.2, 0.25) is 0 Å². The quantitative estimate of drug-likeness (QED) is 0.284. The smallest absolute Gasteiger partial charge is 0.331 e. The van der Waals surface area contributed by atoms with Crippen molar-refractivity contribution in [2.24, 2.45) is 11.8 Å². The molecule has 1 atom stereocenters. The molecule has 1 saturated carbocycles. The van der Waals surface area contributed by atoms with Crippen LogP contribution < -0.4 is 16.0 Å². The van der Waals surface area contributed by atoms with Crippen molar-refractivity contribution in [1.82, 2.24) is 24.4 Å². The second-order valence-electron chi connectivity index (χ2n) is 12.9. The van der Waals surface area contributed by atoms with E-state index in [1.165, 1.54) is 6.33 Å². The first-order valence-electron chi connectivity index (χ1n) is 16.2. The Morgan fingerprint density at radius 1 is 0.957 bits per heavy atom. The highest BCUT2D eigenvalue weighted by atomic mass is 16.2. The minimum atomic E-state index is -1.04. The first-order valence-corrected chi connectivity index (χ1v) is 16.2. The third-order valence-corrected chi connectivity index (χ3v) is 9.45. The molecule has 4 heterocycles. The molecule has 2 aromatic carbocycles. The number of nitrogen functional groups attached to an aromatic ring is 1. The van der Waals surface area contributed by atoms with E-state index in [4.69, 9.17) is 5.73 Å². The molecule has 4 aromatic rings. The summed E-state index contributed by atoms with van der Waals surface area (Å²) in [4.78, 5) is 61.9. The number of anilines is 3. The van der Waals surface area contributed by atoms with Crippen LogP contribution in [0.3, 0.4) is 0 Å². The monoisotopic (exact) mass is 634 g/mol. The van der Waals surface area contributed by atoms with Crippen LogP contribution in [-0.4, -0.2) is 73.8 Å². The number of urea groups is 1. The van der Waals surface area contributed by atoms with E-state index in [2.05, 4.69) is 21.5 Å². The summed E-state index contributed by atoms with van der Waals surface area (Å²) in [5, 5.41) is 7.44. The van der Waals surface area contributed by atoms with Crippen molar-refractivity contribution in [2.45, 2.75) is 51.5 Å². The third kappa shape index (κ3) is 5.68. The molecule has 1 aliphatic carbocycles. The summed E-state index contributed by atoms with van der Waals surface area (Å²) < 4.78 is 1.86. The van der Waals surface area contributed by atoms with Crippen molar-refractivity contribution >= 4 is 46.5 Å². The van der Waals surface area contributed by atoms with Crippen LogP contribution in [0.4, 0.5) is 22.0 Å². The van der Waals surface area contributed by atoms with Gasteiger partial charge in [0.25, 0.3) is 0 Å². The number of hydrogen-bond acceptors (Lipinski definition) is 7. The number of fused-ring (bicyclic) bond motifs is 1. The number of nitrogens with two attached hydrogens (primary N) is 1. The van der Waals surface area contributed by atoms with E-state index in [0.29, 0.717) is 35.8 Å². The topological polar surface area (TPSA) is 146 Å². The van der Waals surface area contributed by atoms with Gasteiger partial charge in [-0.05, 0) is 61.6 Å². The third-order valence-electron chi connectivity index (χ3n) is 9.45. The van der Waals surface area contributed by atoms with Crippen LogP contribution in [-0.2, 0) is 14.4 Å². The van der Waals surface area contributed by atoms with Crippen LogP contribution in [0, 0.1) is 11.8 Å². The molecule has 0 bridgehead atoms. The Labute approximate surface area is 272 Å². The van der Waals surface area contributed by atoms with E-state index >= 15 is 0 Å². The van der Waals surface area contributed by atoms with Crippen LogP contribution in [0.5, 0.6) is 0 Å². The SMILES string of the molecule is CC(C)C(=O)N1CCC(c2cc(-c3ccc(NC(=O)C4CN(C5CC5)C(=O)N(c5ccccc5)C4=O)cc3)c3c(N)ncnn23)CC1. The molecule has 12 nitrogen and oxygen atoms in total. The number of rotatable bonds is 7. The minimum absolute atomic E-state index is 0.0265. The van der Waals surface area contributed by atoms with Gasteiger partial charge in [-0.15, -0.1) is 0 Å². The normalized spacial score (nSPS) is 19.1. The molecule has 5 amide bonds. The van der Waals surface area contributed by atoms with Crippen molar-refractivity contribution < 1.29 is 19.2 Å². The number of hydrogen-bond donors (Lipinski definition) is 2. The molecule has 0 radical (unpaired) electrons. The molecule has 12 heteroatoms. The maximum Gasteiger partial charge on any atom is 0.331 e. The number of carbonyl (C=O) groups excluding carboxylic acids is 4. The van der Waals surface area contributed by atoms with E-state index in [1.54, 1.807) is 41.3 Å². The van der Waals surface area contributed by atoms with Gasteiger partial charge in [-0.25, -0.2) is 19.2 Å². The summed E-state index contributed by atoms with van der Waals surface area (Å²) in [5.74, 6) is -1.32. The predicted octanol–water partition coefficient (Wildman–Crippen LogP) is 4.53. The van der Waals surface area contributed by atoms with E-state index in [9.17, 15) is 19.2 Å². The molecule has 242 valence electrons. The van der Waals surface area contributed by atoms with Gasteiger partial charge in [-0.3, -0.25) is 14.4 Å². The predicted molar refractivity (Wildman–Crippen MR) is 177 cm³/mol. The zero-order valence-electron chi connectivity index (χ0n) is 26.5. The summed E-state index contributed by atoms with van der Waals surface area (Å²) in [5.41, 5.74) is 10.8. The average molecular weight is 635 g/mol. The molecular weight excluding hydrogens is 596 g/mol. The molecule has 0 spiro atoms. The Morgan fingerprint density at radius 3 is 2.32 bits per heavy atom. The molecule has 2 saturated heterocycles. The van der Waals surface area contributed by atoms with Gasteiger partial charge in [0.2, 0.25) is 17.7 Å². The molecule has 1 unspecified atom stereocenters. The molecule has 2 aliphatic heterocycles. The Bertz CT molecular complexity index is 1840. The number of nitrogens with zero attached hydrogens (tertiary/aromatic N) is 6. The maximum atomic E-state index is 13.5. The summed E-state index contributed by atoms with van der Waals surface area (Å²) in [6, 6.07) is 17.9. The highest BCUT2D eigenvalue weighted by Crippen LogP contribution is 2.38. The van der Waals surface area contributed by atoms with Gasteiger partial charge >= 0.3 is 6.03 Å². The lowest BCUT2D eigenvalue weighted by Crippen LogP contribution is -2.60. The highest BCUT2D eigenvalue weighted by Gasteiger charge is 2.48. The highest BCUT2D eigenvalue weighted by molar-refractivity contribution is 6.23. The van der Waals surface area contributed by atoms with Gasteiger partial charge in [0.1, 0.15) is 17.8 Å². The number of nitrogens with one attached hydrogen (secondary N) is 1. The number of likely N-dealkylation sites (tertiary alicyclic amines) is 1. The van der Waals surface area contributed by atoms with Gasteiger partial charge in [-0.1, -0.05) is 44.2 Å². The number of aromatic nitrogens is 3. The number of benzene rings is 2. The van der Waals surface area contributed by atoms with Gasteiger partial charge < -0.3 is 20.9 Å². The first kappa shape index (κ1) is 30.4. The number of piperidine rings is 1. The Hall–Kier alpha value is -5.26.